The maximum atomic E-state index is 14.6. The molecule has 1 N–H and O–H groups in total. The highest BCUT2D eigenvalue weighted by Gasteiger charge is 2.41. The Balaban J connectivity index is 2.49. The number of carboxylic acids is 1. The minimum Gasteiger partial charge on any atom is -0.483 e. The molecule has 0 fully saturated rings. The molecule has 2 aromatic carbocycles. The van der Waals surface area contributed by atoms with Crippen LogP contribution in [0.5, 0.6) is 5.75 Å². The molecule has 34 heavy (non-hydrogen) atoms. The number of rotatable bonds is 6. The van der Waals surface area contributed by atoms with Gasteiger partial charge >= 0.3 is 24.5 Å². The molecule has 0 radical (unpaired) electrons. The Morgan fingerprint density at radius 2 is 1.62 bits per heavy atom. The first-order valence-electron chi connectivity index (χ1n) is 8.78. The van der Waals surface area contributed by atoms with Crippen LogP contribution in [0.4, 0.5) is 43.9 Å². The summed E-state index contributed by atoms with van der Waals surface area (Å²) in [7, 11) is 0. The van der Waals surface area contributed by atoms with Crippen molar-refractivity contribution in [3.05, 3.63) is 69.8 Å². The number of benzene rings is 2. The molecule has 2 rings (SSSR count). The molecule has 0 amide bonds. The number of allylic oxidation sites excluding steroid dienone is 1. The molecule has 2 aromatic rings. The molecular weight excluding hydrogens is 514 g/mol. The van der Waals surface area contributed by atoms with E-state index in [0.29, 0.717) is 30.3 Å². The van der Waals surface area contributed by atoms with Crippen LogP contribution in [-0.4, -0.2) is 30.0 Å². The van der Waals surface area contributed by atoms with Crippen molar-refractivity contribution in [2.75, 3.05) is 6.61 Å². The molecule has 0 aliphatic heterocycles. The summed E-state index contributed by atoms with van der Waals surface area (Å²) in [5.41, 5.74) is -4.75. The van der Waals surface area contributed by atoms with Crippen LogP contribution in [0.2, 0.25) is 5.02 Å². The maximum Gasteiger partial charge on any atom is 0.422 e. The van der Waals surface area contributed by atoms with Gasteiger partial charge in [0.15, 0.2) is 6.61 Å². The van der Waals surface area contributed by atoms with Gasteiger partial charge in [-0.3, -0.25) is 0 Å². The summed E-state index contributed by atoms with van der Waals surface area (Å²) in [6.07, 6.45) is -15.3. The van der Waals surface area contributed by atoms with E-state index in [1.165, 1.54) is 0 Å². The number of alkyl halides is 9. The summed E-state index contributed by atoms with van der Waals surface area (Å²) < 4.78 is 136. The molecule has 0 spiro atoms. The summed E-state index contributed by atoms with van der Waals surface area (Å²) in [5.74, 6) is -7.13. The highest BCUT2D eigenvalue weighted by atomic mass is 35.5. The van der Waals surface area contributed by atoms with Gasteiger partial charge in [0.05, 0.1) is 16.1 Å². The third-order valence-corrected chi connectivity index (χ3v) is 4.50. The monoisotopic (exact) mass is 524 g/mol. The molecule has 1 atom stereocenters. The zero-order valence-electron chi connectivity index (χ0n) is 16.2. The van der Waals surface area contributed by atoms with Gasteiger partial charge in [0.25, 0.3) is 0 Å². The molecule has 0 saturated heterocycles. The predicted molar refractivity (Wildman–Crippen MR) is 99.3 cm³/mol. The summed E-state index contributed by atoms with van der Waals surface area (Å²) in [4.78, 5) is 11.0. The van der Waals surface area contributed by atoms with Gasteiger partial charge in [0, 0.05) is 5.56 Å². The van der Waals surface area contributed by atoms with Crippen molar-refractivity contribution >= 4 is 23.4 Å². The SMILES string of the molecule is O=C(O)c1ccc(C(F)=CC(c2ccc(OCC(F)(F)F)c(Cl)c2)C(F)(F)F)cc1C(F)(F)F. The molecule has 14 heteroatoms. The fourth-order valence-electron chi connectivity index (χ4n) is 2.72. The number of carbonyl (C=O) groups is 1. The third-order valence-electron chi connectivity index (χ3n) is 4.20. The van der Waals surface area contributed by atoms with Crippen molar-refractivity contribution in [3.63, 3.8) is 0 Å². The van der Waals surface area contributed by atoms with Crippen molar-refractivity contribution < 1.29 is 58.5 Å². The zero-order valence-corrected chi connectivity index (χ0v) is 17.0. The topological polar surface area (TPSA) is 46.5 Å². The van der Waals surface area contributed by atoms with Gasteiger partial charge in [-0.2, -0.15) is 39.5 Å². The fraction of sp³-hybridized carbons (Fsp3) is 0.250. The maximum absolute atomic E-state index is 14.6. The van der Waals surface area contributed by atoms with E-state index in [9.17, 15) is 48.7 Å². The lowest BCUT2D eigenvalue weighted by atomic mass is 9.95. The summed E-state index contributed by atoms with van der Waals surface area (Å²) in [6, 6.07) is 2.91. The standard InChI is InChI=1S/C20H11ClF10O3/c21-14-6-9(2-4-16(14)34-8-18(23,24)25)12(19(26,27)28)7-15(22)10-1-3-11(17(32)33)13(5-10)20(29,30)31/h1-7,12H,8H2,(H,32,33). The average Bonchev–Trinajstić information content (AvgIpc) is 2.68. The number of carboxylic acid groups (broad SMARTS) is 1. The third kappa shape index (κ3) is 7.02. The van der Waals surface area contributed by atoms with E-state index in [2.05, 4.69) is 4.74 Å². The fourth-order valence-corrected chi connectivity index (χ4v) is 2.97. The van der Waals surface area contributed by atoms with Crippen LogP contribution in [0.1, 0.15) is 33.0 Å². The largest absolute Gasteiger partial charge is 0.483 e. The number of ether oxygens (including phenoxy) is 1. The van der Waals surface area contributed by atoms with E-state index in [1.807, 2.05) is 0 Å². The second-order valence-electron chi connectivity index (χ2n) is 6.69. The number of hydrogen-bond donors (Lipinski definition) is 1. The van der Waals surface area contributed by atoms with Gasteiger partial charge in [0.1, 0.15) is 17.5 Å². The normalized spacial score (nSPS) is 14.1. The van der Waals surface area contributed by atoms with Gasteiger partial charge in [-0.1, -0.05) is 23.7 Å². The van der Waals surface area contributed by atoms with E-state index >= 15 is 0 Å². The second kappa shape index (κ2) is 9.72. The van der Waals surface area contributed by atoms with Crippen molar-refractivity contribution in [2.24, 2.45) is 0 Å². The van der Waals surface area contributed by atoms with Crippen molar-refractivity contribution in [1.82, 2.24) is 0 Å². The van der Waals surface area contributed by atoms with Gasteiger partial charge in [-0.25, -0.2) is 9.18 Å². The summed E-state index contributed by atoms with van der Waals surface area (Å²) in [6.45, 7) is -1.78. The number of aromatic carboxylic acids is 1. The van der Waals surface area contributed by atoms with Crippen molar-refractivity contribution in [3.8, 4) is 5.75 Å². The Hall–Kier alpha value is -2.96. The van der Waals surface area contributed by atoms with Crippen LogP contribution in [0.3, 0.4) is 0 Å². The van der Waals surface area contributed by atoms with Crippen LogP contribution < -0.4 is 4.74 Å². The average molecular weight is 525 g/mol. The minimum absolute atomic E-state index is 0.0454. The Labute approximate surface area is 189 Å². The quantitative estimate of drug-likeness (QED) is 0.395. The predicted octanol–water partition coefficient (Wildman–Crippen LogP) is 7.65. The molecule has 0 aliphatic rings. The van der Waals surface area contributed by atoms with Crippen LogP contribution in [0, 0.1) is 0 Å². The lowest BCUT2D eigenvalue weighted by Gasteiger charge is -2.19. The first-order valence-corrected chi connectivity index (χ1v) is 9.16. The van der Waals surface area contributed by atoms with E-state index in [-0.39, 0.29) is 12.1 Å². The smallest absolute Gasteiger partial charge is 0.422 e. The molecule has 0 saturated carbocycles. The van der Waals surface area contributed by atoms with Crippen LogP contribution in [-0.2, 0) is 6.18 Å². The number of hydrogen-bond acceptors (Lipinski definition) is 2. The lowest BCUT2D eigenvalue weighted by molar-refractivity contribution is -0.153. The van der Waals surface area contributed by atoms with Gasteiger partial charge in [0.2, 0.25) is 0 Å². The second-order valence-corrected chi connectivity index (χ2v) is 7.10. The Bertz CT molecular complexity index is 1090. The summed E-state index contributed by atoms with van der Waals surface area (Å²) in [5, 5.41) is 8.19. The molecule has 0 heterocycles. The van der Waals surface area contributed by atoms with Crippen molar-refractivity contribution in [1.29, 1.82) is 0 Å². The highest BCUT2D eigenvalue weighted by Crippen LogP contribution is 2.41. The highest BCUT2D eigenvalue weighted by molar-refractivity contribution is 6.32. The minimum atomic E-state index is -5.24. The Kier molecular flexibility index (Phi) is 7.80. The molecule has 3 nitrogen and oxygen atoms in total. The molecular formula is C20H11ClF10O3. The number of halogens is 11. The van der Waals surface area contributed by atoms with Crippen LogP contribution in [0.25, 0.3) is 5.83 Å². The van der Waals surface area contributed by atoms with Crippen molar-refractivity contribution in [2.45, 2.75) is 24.4 Å². The molecule has 1 unspecified atom stereocenters. The van der Waals surface area contributed by atoms with Crippen LogP contribution >= 0.6 is 11.6 Å². The molecule has 0 aliphatic carbocycles. The Morgan fingerprint density at radius 1 is 1.00 bits per heavy atom. The van der Waals surface area contributed by atoms with E-state index in [4.69, 9.17) is 16.7 Å². The lowest BCUT2D eigenvalue weighted by Crippen LogP contribution is -2.20. The van der Waals surface area contributed by atoms with E-state index < -0.39 is 75.9 Å². The van der Waals surface area contributed by atoms with Gasteiger partial charge < -0.3 is 9.84 Å². The molecule has 186 valence electrons. The zero-order chi connectivity index (χ0) is 26.1. The van der Waals surface area contributed by atoms with Gasteiger partial charge in [-0.15, -0.1) is 0 Å². The molecule has 0 bridgehead atoms. The van der Waals surface area contributed by atoms with E-state index in [1.54, 1.807) is 0 Å². The van der Waals surface area contributed by atoms with Crippen LogP contribution in [0.15, 0.2) is 42.5 Å². The summed E-state index contributed by atoms with van der Waals surface area (Å²) >= 11 is 5.67. The first-order chi connectivity index (χ1) is 15.4. The van der Waals surface area contributed by atoms with E-state index in [0.717, 1.165) is 0 Å². The van der Waals surface area contributed by atoms with Gasteiger partial charge in [-0.05, 0) is 35.9 Å². The molecule has 0 aromatic heterocycles. The Morgan fingerprint density at radius 3 is 2.09 bits per heavy atom. The first kappa shape index (κ1) is 27.3.